The second-order valence-corrected chi connectivity index (χ2v) is 10.4. The van der Waals surface area contributed by atoms with E-state index >= 15 is 0 Å². The van der Waals surface area contributed by atoms with Gasteiger partial charge in [0.25, 0.3) is 0 Å². The Hall–Kier alpha value is -2.67. The van der Waals surface area contributed by atoms with Gasteiger partial charge in [-0.1, -0.05) is 17.8 Å². The predicted molar refractivity (Wildman–Crippen MR) is 127 cm³/mol. The molecule has 0 spiro atoms. The Balaban J connectivity index is 1.87. The first-order valence-corrected chi connectivity index (χ1v) is 13.0. The molecule has 2 aromatic heterocycles. The summed E-state index contributed by atoms with van der Waals surface area (Å²) in [5.41, 5.74) is 1.80. The first-order valence-electron chi connectivity index (χ1n) is 10.7. The summed E-state index contributed by atoms with van der Waals surface area (Å²) >= 11 is 1.10. The molecule has 1 aliphatic carbocycles. The van der Waals surface area contributed by atoms with Crippen molar-refractivity contribution in [2.75, 3.05) is 26.0 Å². The van der Waals surface area contributed by atoms with Gasteiger partial charge in [-0.15, -0.1) is 0 Å². The molecule has 35 heavy (non-hydrogen) atoms. The zero-order chi connectivity index (χ0) is 25.8. The number of hydrogen-bond donors (Lipinski definition) is 0. The second-order valence-electron chi connectivity index (χ2n) is 7.82. The van der Waals surface area contributed by atoms with E-state index < -0.39 is 29.6 Å². The largest absolute Gasteiger partial charge is 0.484 e. The normalized spacial score (nSPS) is 13.9. The number of rotatable bonds is 8. The number of ether oxygens (including phenoxy) is 1. The highest BCUT2D eigenvalue weighted by molar-refractivity contribution is 8.13. The van der Waals surface area contributed by atoms with Gasteiger partial charge in [0.15, 0.2) is 11.7 Å². The zero-order valence-electron chi connectivity index (χ0n) is 19.4. The summed E-state index contributed by atoms with van der Waals surface area (Å²) < 4.78 is 57.3. The lowest BCUT2D eigenvalue weighted by atomic mass is 10.1. The molecule has 0 aliphatic heterocycles. The Labute approximate surface area is 207 Å². The van der Waals surface area contributed by atoms with Crippen LogP contribution in [-0.2, 0) is 27.8 Å². The fourth-order valence-electron chi connectivity index (χ4n) is 3.39. The molecule has 2 heterocycles. The molecule has 2 aromatic rings. The van der Waals surface area contributed by atoms with Crippen LogP contribution in [0.15, 0.2) is 23.5 Å². The van der Waals surface area contributed by atoms with E-state index in [9.17, 15) is 27.0 Å². The van der Waals surface area contributed by atoms with E-state index in [2.05, 4.69) is 9.97 Å². The SMILES string of the molecule is CC(=O)SCCN(C)C(=O)n1c([S@](=O)Cc2nccc(OCC(F)(F)F)c2C)nc2c1CCC=C2. The summed E-state index contributed by atoms with van der Waals surface area (Å²) in [5.74, 6) is 0.251. The first kappa shape index (κ1) is 26.9. The van der Waals surface area contributed by atoms with Crippen LogP contribution in [0, 0.1) is 6.92 Å². The number of thioether (sulfide) groups is 1. The van der Waals surface area contributed by atoms with E-state index in [0.717, 1.165) is 11.8 Å². The molecular weight excluding hydrogens is 505 g/mol. The minimum atomic E-state index is -4.49. The molecule has 0 fully saturated rings. The molecule has 3 rings (SSSR count). The maximum Gasteiger partial charge on any atom is 0.422 e. The van der Waals surface area contributed by atoms with Crippen LogP contribution in [0.2, 0.25) is 0 Å². The third-order valence-electron chi connectivity index (χ3n) is 5.17. The number of aromatic nitrogens is 3. The van der Waals surface area contributed by atoms with Gasteiger partial charge in [-0.05, 0) is 31.9 Å². The van der Waals surface area contributed by atoms with Crippen molar-refractivity contribution in [2.24, 2.45) is 0 Å². The molecule has 0 aromatic carbocycles. The van der Waals surface area contributed by atoms with Crippen LogP contribution in [0.25, 0.3) is 6.08 Å². The number of hydrogen-bond acceptors (Lipinski definition) is 7. The summed E-state index contributed by atoms with van der Waals surface area (Å²) in [6, 6.07) is 0.892. The third kappa shape index (κ3) is 6.94. The average molecular weight is 531 g/mol. The molecule has 8 nitrogen and oxygen atoms in total. The van der Waals surface area contributed by atoms with Gasteiger partial charge >= 0.3 is 12.2 Å². The van der Waals surface area contributed by atoms with Gasteiger partial charge in [0.05, 0.1) is 33.6 Å². The van der Waals surface area contributed by atoms with Gasteiger partial charge < -0.3 is 9.64 Å². The number of halogens is 3. The molecule has 0 radical (unpaired) electrons. The van der Waals surface area contributed by atoms with Gasteiger partial charge in [0.2, 0.25) is 5.16 Å². The van der Waals surface area contributed by atoms with Gasteiger partial charge in [0, 0.05) is 38.0 Å². The van der Waals surface area contributed by atoms with E-state index in [1.54, 1.807) is 13.1 Å². The molecule has 1 atom stereocenters. The number of alkyl halides is 3. The summed E-state index contributed by atoms with van der Waals surface area (Å²) in [5, 5.41) is -0.0115. The van der Waals surface area contributed by atoms with Gasteiger partial charge in [-0.2, -0.15) is 13.2 Å². The third-order valence-corrected chi connectivity index (χ3v) is 7.18. The van der Waals surface area contributed by atoms with Crippen molar-refractivity contribution in [3.8, 4) is 5.75 Å². The van der Waals surface area contributed by atoms with Crippen LogP contribution >= 0.6 is 11.8 Å². The van der Waals surface area contributed by atoms with Crippen molar-refractivity contribution in [3.63, 3.8) is 0 Å². The quantitative estimate of drug-likeness (QED) is 0.510. The minimum absolute atomic E-state index is 0.00586. The highest BCUT2D eigenvalue weighted by Crippen LogP contribution is 2.27. The maximum absolute atomic E-state index is 13.4. The maximum atomic E-state index is 13.4. The molecule has 190 valence electrons. The monoisotopic (exact) mass is 530 g/mol. The average Bonchev–Trinajstić information content (AvgIpc) is 3.18. The van der Waals surface area contributed by atoms with Crippen LogP contribution in [0.3, 0.4) is 0 Å². The Morgan fingerprint density at radius 3 is 2.77 bits per heavy atom. The number of carbonyl (C=O) groups is 2. The minimum Gasteiger partial charge on any atom is -0.484 e. The van der Waals surface area contributed by atoms with Crippen molar-refractivity contribution in [2.45, 2.75) is 43.8 Å². The van der Waals surface area contributed by atoms with Crippen molar-refractivity contribution < 1.29 is 31.7 Å². The van der Waals surface area contributed by atoms with Gasteiger partial charge in [-0.3, -0.25) is 14.0 Å². The lowest BCUT2D eigenvalue weighted by Crippen LogP contribution is -2.35. The van der Waals surface area contributed by atoms with Crippen LogP contribution in [0.5, 0.6) is 5.75 Å². The Morgan fingerprint density at radius 1 is 1.34 bits per heavy atom. The number of imidazole rings is 1. The molecule has 13 heteroatoms. The van der Waals surface area contributed by atoms with Crippen molar-refractivity contribution in [1.29, 1.82) is 0 Å². The lowest BCUT2D eigenvalue weighted by Gasteiger charge is -2.20. The highest BCUT2D eigenvalue weighted by Gasteiger charge is 2.30. The number of fused-ring (bicyclic) bond motifs is 1. The van der Waals surface area contributed by atoms with Crippen molar-refractivity contribution in [1.82, 2.24) is 19.4 Å². The predicted octanol–water partition coefficient (Wildman–Crippen LogP) is 3.97. The first-order chi connectivity index (χ1) is 16.5. The Bertz CT molecular complexity index is 1160. The van der Waals surface area contributed by atoms with E-state index in [0.29, 0.717) is 42.1 Å². The van der Waals surface area contributed by atoms with Crippen LogP contribution in [0.1, 0.15) is 36.0 Å². The van der Waals surface area contributed by atoms with Gasteiger partial charge in [0.1, 0.15) is 5.75 Å². The standard InChI is InChI=1S/C22H25F3N4O4S2/c1-14-17(26-9-8-19(14)33-13-22(23,24)25)12-35(32)20-27-16-6-4-5-7-18(16)29(20)21(31)28(3)10-11-34-15(2)30/h4,6,8-9H,5,7,10-13H2,1-3H3/t35-/m1/s1. The van der Waals surface area contributed by atoms with E-state index in [1.807, 2.05) is 6.08 Å². The fraction of sp³-hybridized carbons (Fsp3) is 0.455. The van der Waals surface area contributed by atoms with E-state index in [1.165, 1.54) is 35.6 Å². The van der Waals surface area contributed by atoms with Crippen molar-refractivity contribution in [3.05, 3.63) is 41.0 Å². The van der Waals surface area contributed by atoms with Crippen molar-refractivity contribution >= 4 is 39.8 Å². The molecule has 0 bridgehead atoms. The number of allylic oxidation sites excluding steroid dienone is 1. The summed E-state index contributed by atoms with van der Waals surface area (Å²) in [6.45, 7) is 1.84. The molecule has 1 amide bonds. The molecule has 0 saturated carbocycles. The summed E-state index contributed by atoms with van der Waals surface area (Å²) in [7, 11) is -0.238. The number of amides is 1. The molecule has 1 aliphatic rings. The highest BCUT2D eigenvalue weighted by atomic mass is 32.2. The second kappa shape index (κ2) is 11.4. The number of nitrogens with zero attached hydrogens (tertiary/aromatic N) is 4. The van der Waals surface area contributed by atoms with Gasteiger partial charge in [-0.25, -0.2) is 14.3 Å². The molecule has 0 unspecified atom stereocenters. The van der Waals surface area contributed by atoms with E-state index in [-0.39, 0.29) is 27.5 Å². The molecular formula is C22H25F3N4O4S2. The fourth-order valence-corrected chi connectivity index (χ4v) is 5.30. The summed E-state index contributed by atoms with van der Waals surface area (Å²) in [6.07, 6.45) is 1.71. The van der Waals surface area contributed by atoms with Crippen LogP contribution < -0.4 is 4.74 Å². The summed E-state index contributed by atoms with van der Waals surface area (Å²) in [4.78, 5) is 34.5. The van der Waals surface area contributed by atoms with E-state index in [4.69, 9.17) is 4.74 Å². The lowest BCUT2D eigenvalue weighted by molar-refractivity contribution is -0.153. The molecule has 0 saturated heterocycles. The number of carbonyl (C=O) groups excluding carboxylic acids is 2. The topological polar surface area (TPSA) is 94.4 Å². The Kier molecular flexibility index (Phi) is 8.75. The Morgan fingerprint density at radius 2 is 2.09 bits per heavy atom. The molecule has 0 N–H and O–H groups in total. The number of pyridine rings is 1. The zero-order valence-corrected chi connectivity index (χ0v) is 21.1. The van der Waals surface area contributed by atoms with Crippen LogP contribution in [-0.4, -0.2) is 66.9 Å². The smallest absolute Gasteiger partial charge is 0.422 e. The van der Waals surface area contributed by atoms with Crippen LogP contribution in [0.4, 0.5) is 18.0 Å².